The first kappa shape index (κ1) is 17.4. The molecule has 0 unspecified atom stereocenters. The van der Waals surface area contributed by atoms with Crippen molar-refractivity contribution < 1.29 is 9.53 Å². The number of nitrogens with two attached hydrogens (primary N) is 1. The van der Waals surface area contributed by atoms with Crippen molar-refractivity contribution in [3.05, 3.63) is 0 Å². The minimum atomic E-state index is -0.516. The van der Waals surface area contributed by atoms with Crippen molar-refractivity contribution in [1.82, 2.24) is 5.32 Å². The summed E-state index contributed by atoms with van der Waals surface area (Å²) in [5, 5.41) is 3.39. The fourth-order valence-electron chi connectivity index (χ4n) is 3.12. The summed E-state index contributed by atoms with van der Waals surface area (Å²) in [6.07, 6.45) is 12.9. The predicted molar refractivity (Wildman–Crippen MR) is 82.6 cm³/mol. The lowest BCUT2D eigenvalue weighted by molar-refractivity contribution is -0.125. The smallest absolute Gasteiger partial charge is 0.237 e. The number of ether oxygens (including phenoxy) is 1. The molecule has 1 amide bonds. The molecule has 0 saturated heterocycles. The summed E-state index contributed by atoms with van der Waals surface area (Å²) in [6, 6.07) is 0. The van der Waals surface area contributed by atoms with Crippen LogP contribution in [-0.4, -0.2) is 31.7 Å². The molecule has 1 aliphatic carbocycles. The Bertz CT molecular complexity index is 257. The molecule has 3 N–H and O–H groups in total. The van der Waals surface area contributed by atoms with E-state index in [0.29, 0.717) is 13.2 Å². The first-order valence-electron chi connectivity index (χ1n) is 8.25. The van der Waals surface area contributed by atoms with Crippen LogP contribution >= 0.6 is 0 Å². The molecule has 4 heteroatoms. The monoisotopic (exact) mass is 284 g/mol. The normalized spacial score (nSPS) is 21.6. The quantitative estimate of drug-likeness (QED) is 0.763. The Kier molecular flexibility index (Phi) is 8.86. The molecule has 20 heavy (non-hydrogen) atoms. The van der Waals surface area contributed by atoms with E-state index in [1.807, 2.05) is 0 Å². The van der Waals surface area contributed by atoms with Crippen molar-refractivity contribution in [3.63, 3.8) is 0 Å². The molecule has 118 valence electrons. The minimum Gasteiger partial charge on any atom is -0.383 e. The SMILES string of the molecule is COCCNC1(C(N)=O)CCCCCCCCCCC1. The maximum Gasteiger partial charge on any atom is 0.237 e. The molecule has 1 aliphatic rings. The van der Waals surface area contributed by atoms with E-state index in [4.69, 9.17) is 10.5 Å². The minimum absolute atomic E-state index is 0.189. The number of carbonyl (C=O) groups is 1. The lowest BCUT2D eigenvalue weighted by atomic mass is 9.84. The number of rotatable bonds is 5. The Hall–Kier alpha value is -0.610. The number of hydrogen-bond acceptors (Lipinski definition) is 3. The first-order chi connectivity index (χ1) is 9.71. The first-order valence-corrected chi connectivity index (χ1v) is 8.25. The average molecular weight is 284 g/mol. The second-order valence-electron chi connectivity index (χ2n) is 6.05. The van der Waals surface area contributed by atoms with Gasteiger partial charge in [0.2, 0.25) is 5.91 Å². The van der Waals surface area contributed by atoms with Gasteiger partial charge in [-0.25, -0.2) is 0 Å². The number of primary amides is 1. The highest BCUT2D eigenvalue weighted by Crippen LogP contribution is 2.24. The second-order valence-corrected chi connectivity index (χ2v) is 6.05. The molecule has 0 radical (unpaired) electrons. The van der Waals surface area contributed by atoms with Crippen molar-refractivity contribution in [2.75, 3.05) is 20.3 Å². The van der Waals surface area contributed by atoms with Crippen LogP contribution in [0.1, 0.15) is 70.6 Å². The Morgan fingerprint density at radius 3 is 1.85 bits per heavy atom. The molecule has 0 heterocycles. The van der Waals surface area contributed by atoms with E-state index < -0.39 is 5.54 Å². The molecule has 0 aliphatic heterocycles. The number of nitrogens with one attached hydrogen (secondary N) is 1. The molecule has 4 nitrogen and oxygen atoms in total. The van der Waals surface area contributed by atoms with Crippen LogP contribution in [0.25, 0.3) is 0 Å². The van der Waals surface area contributed by atoms with Crippen LogP contribution in [0.5, 0.6) is 0 Å². The van der Waals surface area contributed by atoms with Gasteiger partial charge in [-0.3, -0.25) is 4.79 Å². The summed E-state index contributed by atoms with van der Waals surface area (Å²) in [5.74, 6) is -0.189. The zero-order chi connectivity index (χ0) is 14.7. The van der Waals surface area contributed by atoms with Gasteiger partial charge in [-0.05, 0) is 12.8 Å². The van der Waals surface area contributed by atoms with Crippen molar-refractivity contribution in [1.29, 1.82) is 0 Å². The van der Waals surface area contributed by atoms with Crippen molar-refractivity contribution >= 4 is 5.91 Å². The van der Waals surface area contributed by atoms with Crippen LogP contribution < -0.4 is 11.1 Å². The molecule has 1 fully saturated rings. The van der Waals surface area contributed by atoms with Gasteiger partial charge in [0.15, 0.2) is 0 Å². The van der Waals surface area contributed by atoms with Gasteiger partial charge in [0.1, 0.15) is 0 Å². The van der Waals surface area contributed by atoms with Crippen molar-refractivity contribution in [2.45, 2.75) is 76.2 Å². The maximum absolute atomic E-state index is 12.0. The number of carbonyl (C=O) groups excluding carboxylic acids is 1. The lowest BCUT2D eigenvalue weighted by Crippen LogP contribution is -2.56. The van der Waals surface area contributed by atoms with Crippen LogP contribution in [0.2, 0.25) is 0 Å². The van der Waals surface area contributed by atoms with Crippen LogP contribution in [0, 0.1) is 0 Å². The van der Waals surface area contributed by atoms with E-state index in [0.717, 1.165) is 25.7 Å². The maximum atomic E-state index is 12.0. The van der Waals surface area contributed by atoms with Gasteiger partial charge < -0.3 is 15.8 Å². The third kappa shape index (κ3) is 6.23. The number of amides is 1. The third-order valence-corrected chi connectivity index (χ3v) is 4.45. The van der Waals surface area contributed by atoms with Gasteiger partial charge >= 0.3 is 0 Å². The number of methoxy groups -OCH3 is 1. The molecule has 0 aromatic rings. The van der Waals surface area contributed by atoms with Crippen LogP contribution in [0.15, 0.2) is 0 Å². The molecule has 1 rings (SSSR count). The highest BCUT2D eigenvalue weighted by Gasteiger charge is 2.34. The summed E-state index contributed by atoms with van der Waals surface area (Å²) < 4.78 is 5.08. The van der Waals surface area contributed by atoms with E-state index >= 15 is 0 Å². The molecule has 0 spiro atoms. The summed E-state index contributed by atoms with van der Waals surface area (Å²) in [6.45, 7) is 1.31. The van der Waals surface area contributed by atoms with Gasteiger partial charge in [0.05, 0.1) is 12.1 Å². The predicted octanol–water partition coefficient (Wildman–Crippen LogP) is 2.75. The standard InChI is InChI=1S/C16H32N2O2/c1-20-14-13-18-16(15(17)19)11-9-7-5-3-2-4-6-8-10-12-16/h18H,2-14H2,1H3,(H2,17,19). The lowest BCUT2D eigenvalue weighted by Gasteiger charge is -2.32. The highest BCUT2D eigenvalue weighted by atomic mass is 16.5. The molecule has 0 aromatic heterocycles. The van der Waals surface area contributed by atoms with Gasteiger partial charge in [0, 0.05) is 13.7 Å². The Balaban J connectivity index is 2.60. The summed E-state index contributed by atoms with van der Waals surface area (Å²) >= 11 is 0. The van der Waals surface area contributed by atoms with E-state index in [1.54, 1.807) is 7.11 Å². The van der Waals surface area contributed by atoms with E-state index in [2.05, 4.69) is 5.32 Å². The zero-order valence-corrected chi connectivity index (χ0v) is 13.1. The third-order valence-electron chi connectivity index (χ3n) is 4.45. The summed E-state index contributed by atoms with van der Waals surface area (Å²) in [5.41, 5.74) is 5.21. The van der Waals surface area contributed by atoms with Crippen molar-refractivity contribution in [3.8, 4) is 0 Å². The Morgan fingerprint density at radius 1 is 1.00 bits per heavy atom. The van der Waals surface area contributed by atoms with E-state index in [1.165, 1.54) is 44.9 Å². The molecule has 0 atom stereocenters. The molecular weight excluding hydrogens is 252 g/mol. The largest absolute Gasteiger partial charge is 0.383 e. The van der Waals surface area contributed by atoms with Gasteiger partial charge in [-0.1, -0.05) is 57.8 Å². The molecule has 1 saturated carbocycles. The van der Waals surface area contributed by atoms with Crippen LogP contribution in [-0.2, 0) is 9.53 Å². The molecule has 0 aromatic carbocycles. The average Bonchev–Trinajstić information content (AvgIpc) is 2.41. The van der Waals surface area contributed by atoms with Gasteiger partial charge in [0.25, 0.3) is 0 Å². The summed E-state index contributed by atoms with van der Waals surface area (Å²) in [7, 11) is 1.68. The second kappa shape index (κ2) is 10.2. The topological polar surface area (TPSA) is 64.3 Å². The highest BCUT2D eigenvalue weighted by molar-refractivity contribution is 5.84. The van der Waals surface area contributed by atoms with Crippen molar-refractivity contribution in [2.24, 2.45) is 5.73 Å². The van der Waals surface area contributed by atoms with Gasteiger partial charge in [-0.15, -0.1) is 0 Å². The fraction of sp³-hybridized carbons (Fsp3) is 0.938. The number of hydrogen-bond donors (Lipinski definition) is 2. The molecule has 0 bridgehead atoms. The van der Waals surface area contributed by atoms with Crippen LogP contribution in [0.4, 0.5) is 0 Å². The van der Waals surface area contributed by atoms with E-state index in [9.17, 15) is 4.79 Å². The van der Waals surface area contributed by atoms with Gasteiger partial charge in [-0.2, -0.15) is 0 Å². The molecular formula is C16H32N2O2. The van der Waals surface area contributed by atoms with Crippen LogP contribution in [0.3, 0.4) is 0 Å². The summed E-state index contributed by atoms with van der Waals surface area (Å²) in [4.78, 5) is 12.0. The zero-order valence-electron chi connectivity index (χ0n) is 13.1. The Morgan fingerprint density at radius 2 is 1.45 bits per heavy atom. The fourth-order valence-corrected chi connectivity index (χ4v) is 3.12. The Labute approximate surface area is 123 Å². The van der Waals surface area contributed by atoms with E-state index in [-0.39, 0.29) is 5.91 Å².